The average molecular weight is 181 g/mol. The van der Waals surface area contributed by atoms with Gasteiger partial charge >= 0.3 is 0 Å². The van der Waals surface area contributed by atoms with Gasteiger partial charge in [-0.15, -0.1) is 11.8 Å². The van der Waals surface area contributed by atoms with Crippen molar-refractivity contribution in [2.75, 3.05) is 19.8 Å². The van der Waals surface area contributed by atoms with E-state index in [4.69, 9.17) is 4.74 Å². The smallest absolute Gasteiger partial charge is 0.0620 e. The van der Waals surface area contributed by atoms with Crippen LogP contribution in [0.25, 0.3) is 0 Å². The maximum absolute atomic E-state index is 5.51. The summed E-state index contributed by atoms with van der Waals surface area (Å²) in [5.41, 5.74) is 0. The minimum Gasteiger partial charge on any atom is -0.379 e. The molecule has 1 saturated heterocycles. The largest absolute Gasteiger partial charge is 0.379 e. The zero-order valence-electron chi connectivity index (χ0n) is 8.44. The van der Waals surface area contributed by atoms with Gasteiger partial charge in [0, 0.05) is 12.5 Å². The van der Waals surface area contributed by atoms with Crippen LogP contribution in [-0.2, 0) is 4.74 Å². The maximum Gasteiger partial charge on any atom is 0.0620 e. The van der Waals surface area contributed by atoms with Crippen LogP contribution in [0.5, 0.6) is 0 Å². The van der Waals surface area contributed by atoms with Gasteiger partial charge in [0.25, 0.3) is 0 Å². The number of rotatable bonds is 4. The summed E-state index contributed by atoms with van der Waals surface area (Å²) in [5.74, 6) is 5.85. The van der Waals surface area contributed by atoms with Crippen molar-refractivity contribution in [3.8, 4) is 11.8 Å². The molecule has 0 aromatic heterocycles. The Bertz CT molecular complexity index is 174. The highest BCUT2D eigenvalue weighted by atomic mass is 16.5. The van der Waals surface area contributed by atoms with E-state index in [1.54, 1.807) is 0 Å². The van der Waals surface area contributed by atoms with E-state index in [9.17, 15) is 0 Å². The molecule has 13 heavy (non-hydrogen) atoms. The fourth-order valence-electron chi connectivity index (χ4n) is 1.54. The van der Waals surface area contributed by atoms with Crippen molar-refractivity contribution in [3.05, 3.63) is 0 Å². The van der Waals surface area contributed by atoms with Crippen molar-refractivity contribution in [1.82, 2.24) is 5.32 Å². The molecule has 0 amide bonds. The maximum atomic E-state index is 5.51. The molecular formula is C11H19NO. The number of hydrogen-bond donors (Lipinski definition) is 1. The van der Waals surface area contributed by atoms with Gasteiger partial charge in [0.1, 0.15) is 0 Å². The van der Waals surface area contributed by atoms with E-state index in [1.165, 1.54) is 19.3 Å². The Morgan fingerprint density at radius 3 is 3.08 bits per heavy atom. The Labute approximate surface area is 81.0 Å². The first-order valence-corrected chi connectivity index (χ1v) is 5.14. The highest BCUT2D eigenvalue weighted by Crippen LogP contribution is 2.06. The van der Waals surface area contributed by atoms with Gasteiger partial charge in [-0.05, 0) is 26.3 Å². The lowest BCUT2D eigenvalue weighted by Gasteiger charge is -2.22. The number of hydrogen-bond acceptors (Lipinski definition) is 2. The second kappa shape index (κ2) is 6.94. The summed E-state index contributed by atoms with van der Waals surface area (Å²) in [4.78, 5) is 0. The molecule has 1 heterocycles. The molecule has 0 spiro atoms. The van der Waals surface area contributed by atoms with Crippen LogP contribution in [0.1, 0.15) is 32.6 Å². The van der Waals surface area contributed by atoms with Crippen LogP contribution in [0, 0.1) is 11.8 Å². The fourth-order valence-corrected chi connectivity index (χ4v) is 1.54. The predicted octanol–water partition coefficient (Wildman–Crippen LogP) is 1.56. The van der Waals surface area contributed by atoms with Gasteiger partial charge in [-0.3, -0.25) is 0 Å². The SMILES string of the molecule is CC#CCCOCC1CCCCN1. The molecule has 1 fully saturated rings. The highest BCUT2D eigenvalue weighted by Gasteiger charge is 2.11. The van der Waals surface area contributed by atoms with Gasteiger partial charge < -0.3 is 10.1 Å². The Morgan fingerprint density at radius 1 is 1.46 bits per heavy atom. The van der Waals surface area contributed by atoms with Gasteiger partial charge in [-0.1, -0.05) is 6.42 Å². The summed E-state index contributed by atoms with van der Waals surface area (Å²) in [6.07, 6.45) is 4.79. The number of piperidine rings is 1. The molecule has 0 aromatic rings. The standard InChI is InChI=1S/C11H19NO/c1-2-3-6-9-13-10-11-7-4-5-8-12-11/h11-12H,4-10H2,1H3. The molecule has 0 bridgehead atoms. The molecule has 74 valence electrons. The predicted molar refractivity (Wildman–Crippen MR) is 54.5 cm³/mol. The molecule has 2 heteroatoms. The lowest BCUT2D eigenvalue weighted by molar-refractivity contribution is 0.108. The minimum atomic E-state index is 0.586. The molecule has 1 atom stereocenters. The summed E-state index contributed by atoms with van der Waals surface area (Å²) >= 11 is 0. The van der Waals surface area contributed by atoms with Crippen molar-refractivity contribution in [3.63, 3.8) is 0 Å². The normalized spacial score (nSPS) is 22.1. The summed E-state index contributed by atoms with van der Waals surface area (Å²) in [6.45, 7) is 4.65. The van der Waals surface area contributed by atoms with E-state index in [0.29, 0.717) is 6.04 Å². The molecule has 0 aromatic carbocycles. The Morgan fingerprint density at radius 2 is 2.38 bits per heavy atom. The lowest BCUT2D eigenvalue weighted by atomic mass is 10.1. The minimum absolute atomic E-state index is 0.586. The van der Waals surface area contributed by atoms with Crippen molar-refractivity contribution < 1.29 is 4.74 Å². The van der Waals surface area contributed by atoms with Gasteiger partial charge in [-0.25, -0.2) is 0 Å². The molecule has 1 N–H and O–H groups in total. The molecule has 1 rings (SSSR count). The first kappa shape index (κ1) is 10.6. The van der Waals surface area contributed by atoms with Crippen molar-refractivity contribution >= 4 is 0 Å². The van der Waals surface area contributed by atoms with E-state index in [2.05, 4.69) is 17.2 Å². The third-order valence-electron chi connectivity index (χ3n) is 2.28. The van der Waals surface area contributed by atoms with Crippen LogP contribution in [0.2, 0.25) is 0 Å². The van der Waals surface area contributed by atoms with Gasteiger partial charge in [0.05, 0.1) is 13.2 Å². The fraction of sp³-hybridized carbons (Fsp3) is 0.818. The zero-order chi connectivity index (χ0) is 9.36. The summed E-state index contributed by atoms with van der Waals surface area (Å²) in [5, 5.41) is 3.45. The van der Waals surface area contributed by atoms with Crippen LogP contribution in [0.3, 0.4) is 0 Å². The van der Waals surface area contributed by atoms with E-state index < -0.39 is 0 Å². The third kappa shape index (κ3) is 4.92. The van der Waals surface area contributed by atoms with E-state index in [0.717, 1.165) is 26.2 Å². The molecule has 1 aliphatic heterocycles. The van der Waals surface area contributed by atoms with Crippen LogP contribution >= 0.6 is 0 Å². The van der Waals surface area contributed by atoms with Gasteiger partial charge in [-0.2, -0.15) is 0 Å². The quantitative estimate of drug-likeness (QED) is 0.525. The lowest BCUT2D eigenvalue weighted by Crippen LogP contribution is -2.37. The second-order valence-corrected chi connectivity index (χ2v) is 3.40. The number of ether oxygens (including phenoxy) is 1. The average Bonchev–Trinajstić information content (AvgIpc) is 2.19. The Hall–Kier alpha value is -0.520. The summed E-state index contributed by atoms with van der Waals surface area (Å²) in [7, 11) is 0. The van der Waals surface area contributed by atoms with Crippen molar-refractivity contribution in [2.24, 2.45) is 0 Å². The highest BCUT2D eigenvalue weighted by molar-refractivity contribution is 4.94. The zero-order valence-corrected chi connectivity index (χ0v) is 8.44. The van der Waals surface area contributed by atoms with Crippen molar-refractivity contribution in [1.29, 1.82) is 0 Å². The molecule has 1 unspecified atom stereocenters. The Balaban J connectivity index is 1.94. The van der Waals surface area contributed by atoms with E-state index >= 15 is 0 Å². The monoisotopic (exact) mass is 181 g/mol. The second-order valence-electron chi connectivity index (χ2n) is 3.40. The van der Waals surface area contributed by atoms with Crippen LogP contribution < -0.4 is 5.32 Å². The first-order valence-electron chi connectivity index (χ1n) is 5.14. The summed E-state index contributed by atoms with van der Waals surface area (Å²) < 4.78 is 5.51. The third-order valence-corrected chi connectivity index (χ3v) is 2.28. The van der Waals surface area contributed by atoms with Crippen LogP contribution in [0.4, 0.5) is 0 Å². The first-order chi connectivity index (χ1) is 6.43. The Kier molecular flexibility index (Phi) is 5.64. The molecule has 0 saturated carbocycles. The molecule has 1 aliphatic rings. The summed E-state index contributed by atoms with van der Waals surface area (Å²) in [6, 6.07) is 0.586. The van der Waals surface area contributed by atoms with Gasteiger partial charge in [0.2, 0.25) is 0 Å². The molecule has 2 nitrogen and oxygen atoms in total. The number of nitrogens with one attached hydrogen (secondary N) is 1. The van der Waals surface area contributed by atoms with E-state index in [-0.39, 0.29) is 0 Å². The van der Waals surface area contributed by atoms with Crippen LogP contribution in [-0.4, -0.2) is 25.8 Å². The van der Waals surface area contributed by atoms with Gasteiger partial charge in [0.15, 0.2) is 0 Å². The van der Waals surface area contributed by atoms with Crippen molar-refractivity contribution in [2.45, 2.75) is 38.6 Å². The van der Waals surface area contributed by atoms with E-state index in [1.807, 2.05) is 6.92 Å². The molecule has 0 radical (unpaired) electrons. The topological polar surface area (TPSA) is 21.3 Å². The molecular weight excluding hydrogens is 162 g/mol. The van der Waals surface area contributed by atoms with Crippen LogP contribution in [0.15, 0.2) is 0 Å². The molecule has 0 aliphatic carbocycles.